The maximum atomic E-state index is 12.9. The number of rotatable bonds is 7. The molecule has 1 fully saturated rings. The van der Waals surface area contributed by atoms with Crippen molar-refractivity contribution in [2.75, 3.05) is 39.6 Å². The number of hydrogen-bond donors (Lipinski definition) is 0. The Hall–Kier alpha value is 0.120. The molecule has 1 aliphatic rings. The van der Waals surface area contributed by atoms with Gasteiger partial charge >= 0.3 is 0 Å². The summed E-state index contributed by atoms with van der Waals surface area (Å²) in [6.45, 7) is 5.64. The molecule has 0 radical (unpaired) electrons. The van der Waals surface area contributed by atoms with E-state index in [9.17, 15) is 8.42 Å². The van der Waals surface area contributed by atoms with Crippen molar-refractivity contribution in [3.05, 3.63) is 0 Å². The molecular weight excluding hydrogens is 298 g/mol. The van der Waals surface area contributed by atoms with Gasteiger partial charge in [0.25, 0.3) is 10.2 Å². The first-order chi connectivity index (χ1) is 9.34. The highest BCUT2D eigenvalue weighted by Gasteiger charge is 2.37. The summed E-state index contributed by atoms with van der Waals surface area (Å²) in [5.41, 5.74) is 0. The molecule has 0 N–H and O–H groups in total. The third kappa shape index (κ3) is 4.31. The molecule has 0 aromatic heterocycles. The molecule has 0 aromatic carbocycles. The molecule has 2 atom stereocenters. The van der Waals surface area contributed by atoms with Gasteiger partial charge in [-0.05, 0) is 33.9 Å². The molecule has 1 heterocycles. The summed E-state index contributed by atoms with van der Waals surface area (Å²) in [7, 11) is 0.491. The lowest BCUT2D eigenvalue weighted by Crippen LogP contribution is -2.54. The Morgan fingerprint density at radius 2 is 2.00 bits per heavy atom. The number of likely N-dealkylation sites (N-methyl/N-ethyl adjacent to an activating group) is 2. The SMILES string of the molecule is CCN(C(C)CN(C)C)S(=O)(=O)N1CCCCC1CCl. The summed E-state index contributed by atoms with van der Waals surface area (Å²) in [6.07, 6.45) is 2.84. The van der Waals surface area contributed by atoms with Crippen LogP contribution in [0.5, 0.6) is 0 Å². The molecule has 1 rings (SSSR count). The summed E-state index contributed by atoms with van der Waals surface area (Å²) in [6, 6.07) is -0.103. The maximum absolute atomic E-state index is 12.9. The summed E-state index contributed by atoms with van der Waals surface area (Å²) in [5.74, 6) is 0.374. The van der Waals surface area contributed by atoms with E-state index in [0.717, 1.165) is 19.3 Å². The number of alkyl halides is 1. The van der Waals surface area contributed by atoms with Crippen LogP contribution in [0.25, 0.3) is 0 Å². The minimum Gasteiger partial charge on any atom is -0.308 e. The van der Waals surface area contributed by atoms with Crippen LogP contribution in [-0.4, -0.2) is 73.6 Å². The van der Waals surface area contributed by atoms with E-state index in [1.807, 2.05) is 32.8 Å². The molecule has 20 heavy (non-hydrogen) atoms. The van der Waals surface area contributed by atoms with Crippen molar-refractivity contribution >= 4 is 21.8 Å². The largest absolute Gasteiger partial charge is 0.308 e. The molecule has 2 unspecified atom stereocenters. The predicted molar refractivity (Wildman–Crippen MR) is 84.4 cm³/mol. The van der Waals surface area contributed by atoms with E-state index >= 15 is 0 Å². The Labute approximate surface area is 129 Å². The molecule has 1 saturated heterocycles. The number of piperidine rings is 1. The second-order valence-electron chi connectivity index (χ2n) is 5.74. The molecule has 1 aliphatic heterocycles. The van der Waals surface area contributed by atoms with Crippen molar-refractivity contribution in [1.82, 2.24) is 13.5 Å². The molecule has 5 nitrogen and oxygen atoms in total. The highest BCUT2D eigenvalue weighted by molar-refractivity contribution is 7.86. The maximum Gasteiger partial charge on any atom is 0.282 e. The first-order valence-electron chi connectivity index (χ1n) is 7.33. The monoisotopic (exact) mass is 325 g/mol. The van der Waals surface area contributed by atoms with Gasteiger partial charge in [-0.25, -0.2) is 0 Å². The van der Waals surface area contributed by atoms with Gasteiger partial charge in [0.05, 0.1) is 0 Å². The van der Waals surface area contributed by atoms with Crippen molar-refractivity contribution < 1.29 is 8.42 Å². The van der Waals surface area contributed by atoms with E-state index in [1.54, 1.807) is 8.61 Å². The van der Waals surface area contributed by atoms with Crippen LogP contribution in [0, 0.1) is 0 Å². The van der Waals surface area contributed by atoms with Crippen LogP contribution in [-0.2, 0) is 10.2 Å². The zero-order valence-electron chi connectivity index (χ0n) is 13.0. The number of halogens is 1. The minimum atomic E-state index is -3.42. The fraction of sp³-hybridized carbons (Fsp3) is 1.00. The quantitative estimate of drug-likeness (QED) is 0.668. The fourth-order valence-corrected chi connectivity index (χ4v) is 5.32. The normalized spacial score (nSPS) is 23.4. The smallest absolute Gasteiger partial charge is 0.282 e. The number of hydrogen-bond acceptors (Lipinski definition) is 3. The third-order valence-electron chi connectivity index (χ3n) is 3.78. The molecule has 0 spiro atoms. The zero-order chi connectivity index (χ0) is 15.3. The van der Waals surface area contributed by atoms with Crippen LogP contribution in [0.4, 0.5) is 0 Å². The van der Waals surface area contributed by atoms with Gasteiger partial charge in [0.15, 0.2) is 0 Å². The Balaban J connectivity index is 2.92. The molecule has 0 aromatic rings. The summed E-state index contributed by atoms with van der Waals surface area (Å²) in [5, 5.41) is 0. The van der Waals surface area contributed by atoms with E-state index in [2.05, 4.69) is 0 Å². The van der Waals surface area contributed by atoms with Gasteiger partial charge in [-0.3, -0.25) is 0 Å². The summed E-state index contributed by atoms with van der Waals surface area (Å²) < 4.78 is 29.0. The molecule has 0 bridgehead atoms. The van der Waals surface area contributed by atoms with E-state index < -0.39 is 10.2 Å². The second kappa shape index (κ2) is 7.94. The molecule has 7 heteroatoms. The summed E-state index contributed by atoms with van der Waals surface area (Å²) in [4.78, 5) is 2.01. The van der Waals surface area contributed by atoms with Crippen LogP contribution in [0.3, 0.4) is 0 Å². The van der Waals surface area contributed by atoms with Gasteiger partial charge in [0.2, 0.25) is 0 Å². The van der Waals surface area contributed by atoms with Gasteiger partial charge in [-0.2, -0.15) is 17.0 Å². The van der Waals surface area contributed by atoms with Gasteiger partial charge < -0.3 is 4.90 Å². The Bertz CT molecular complexity index is 389. The van der Waals surface area contributed by atoms with E-state index in [-0.39, 0.29) is 12.1 Å². The Kier molecular flexibility index (Phi) is 7.21. The van der Waals surface area contributed by atoms with Crippen LogP contribution in [0.2, 0.25) is 0 Å². The van der Waals surface area contributed by atoms with Crippen molar-refractivity contribution in [2.24, 2.45) is 0 Å². The van der Waals surface area contributed by atoms with Crippen LogP contribution >= 0.6 is 11.6 Å². The van der Waals surface area contributed by atoms with Gasteiger partial charge in [0, 0.05) is 37.6 Å². The first kappa shape index (κ1) is 18.2. The lowest BCUT2D eigenvalue weighted by molar-refractivity contribution is 0.219. The minimum absolute atomic E-state index is 0.0436. The van der Waals surface area contributed by atoms with E-state index in [1.165, 1.54) is 0 Å². The van der Waals surface area contributed by atoms with Gasteiger partial charge in [0.1, 0.15) is 0 Å². The predicted octanol–water partition coefficient (Wildman–Crippen LogP) is 1.60. The molecule has 0 amide bonds. The molecule has 0 aliphatic carbocycles. The highest BCUT2D eigenvalue weighted by atomic mass is 35.5. The Morgan fingerprint density at radius 1 is 1.35 bits per heavy atom. The summed E-state index contributed by atoms with van der Waals surface area (Å²) >= 11 is 5.96. The van der Waals surface area contributed by atoms with Crippen LogP contribution in [0.1, 0.15) is 33.1 Å². The molecule has 0 saturated carbocycles. The van der Waals surface area contributed by atoms with Crippen molar-refractivity contribution in [3.63, 3.8) is 0 Å². The fourth-order valence-electron chi connectivity index (χ4n) is 2.89. The first-order valence-corrected chi connectivity index (χ1v) is 9.27. The standard InChI is InChI=1S/C13H28ClN3O2S/c1-5-16(12(2)11-15(3)4)20(18,19)17-9-7-6-8-13(17)10-14/h12-13H,5-11H2,1-4H3. The van der Waals surface area contributed by atoms with E-state index in [0.29, 0.717) is 25.5 Å². The van der Waals surface area contributed by atoms with Crippen molar-refractivity contribution in [1.29, 1.82) is 0 Å². The van der Waals surface area contributed by atoms with Crippen LogP contribution < -0.4 is 0 Å². The highest BCUT2D eigenvalue weighted by Crippen LogP contribution is 2.24. The zero-order valence-corrected chi connectivity index (χ0v) is 14.6. The van der Waals surface area contributed by atoms with Gasteiger partial charge in [-0.15, -0.1) is 11.6 Å². The van der Waals surface area contributed by atoms with Gasteiger partial charge in [-0.1, -0.05) is 13.3 Å². The molecular formula is C13H28ClN3O2S. The number of nitrogens with zero attached hydrogens (tertiary/aromatic N) is 3. The Morgan fingerprint density at radius 3 is 2.50 bits per heavy atom. The molecule has 120 valence electrons. The second-order valence-corrected chi connectivity index (χ2v) is 7.88. The van der Waals surface area contributed by atoms with E-state index in [4.69, 9.17) is 11.6 Å². The van der Waals surface area contributed by atoms with Crippen LogP contribution in [0.15, 0.2) is 0 Å². The third-order valence-corrected chi connectivity index (χ3v) is 6.42. The average molecular weight is 326 g/mol. The lowest BCUT2D eigenvalue weighted by atomic mass is 10.1. The lowest BCUT2D eigenvalue weighted by Gasteiger charge is -2.39. The topological polar surface area (TPSA) is 43.9 Å². The van der Waals surface area contributed by atoms with Crippen molar-refractivity contribution in [3.8, 4) is 0 Å². The van der Waals surface area contributed by atoms with Crippen molar-refractivity contribution in [2.45, 2.75) is 45.2 Å². The average Bonchev–Trinajstić information content (AvgIpc) is 2.38.